The van der Waals surface area contributed by atoms with Crippen LogP contribution in [0.4, 0.5) is 5.69 Å². The molecule has 1 amide bonds. The molecule has 10 heteroatoms. The van der Waals surface area contributed by atoms with E-state index in [4.69, 9.17) is 25.8 Å². The SMILES string of the molecule is COc1cc(OC)c(NS(=O)(=O)c2cc(C(=O)N(C)CC3CCCO3)ccc2C)cc1Cl. The van der Waals surface area contributed by atoms with Gasteiger partial charge in [-0.15, -0.1) is 0 Å². The minimum absolute atomic E-state index is 0.00607. The van der Waals surface area contributed by atoms with E-state index in [1.165, 1.54) is 32.4 Å². The van der Waals surface area contributed by atoms with Crippen molar-refractivity contribution in [3.8, 4) is 11.5 Å². The lowest BCUT2D eigenvalue weighted by atomic mass is 10.1. The number of ether oxygens (including phenoxy) is 3. The van der Waals surface area contributed by atoms with Gasteiger partial charge in [-0.3, -0.25) is 9.52 Å². The molecule has 0 spiro atoms. The van der Waals surface area contributed by atoms with E-state index in [9.17, 15) is 13.2 Å². The van der Waals surface area contributed by atoms with Crippen LogP contribution in [0.2, 0.25) is 5.02 Å². The zero-order valence-corrected chi connectivity index (χ0v) is 20.0. The van der Waals surface area contributed by atoms with Gasteiger partial charge in [-0.25, -0.2) is 8.42 Å². The summed E-state index contributed by atoms with van der Waals surface area (Å²) in [6.45, 7) is 2.82. The molecule has 1 atom stereocenters. The highest BCUT2D eigenvalue weighted by molar-refractivity contribution is 7.92. The highest BCUT2D eigenvalue weighted by Crippen LogP contribution is 2.37. The summed E-state index contributed by atoms with van der Waals surface area (Å²) in [5, 5.41) is 0.224. The number of amides is 1. The van der Waals surface area contributed by atoms with E-state index >= 15 is 0 Å². The van der Waals surface area contributed by atoms with E-state index in [0.717, 1.165) is 12.8 Å². The molecule has 8 nitrogen and oxygen atoms in total. The summed E-state index contributed by atoms with van der Waals surface area (Å²) in [6.07, 6.45) is 1.89. The minimum atomic E-state index is -4.04. The number of carbonyl (C=O) groups is 1. The Balaban J connectivity index is 1.88. The number of benzene rings is 2. The van der Waals surface area contributed by atoms with Crippen molar-refractivity contribution in [1.29, 1.82) is 0 Å². The Hall–Kier alpha value is -2.49. The van der Waals surface area contributed by atoms with Crippen molar-refractivity contribution >= 4 is 33.2 Å². The molecular weight excluding hydrogens is 456 g/mol. The van der Waals surface area contributed by atoms with E-state index < -0.39 is 10.0 Å². The third kappa shape index (κ3) is 5.28. The van der Waals surface area contributed by atoms with Crippen LogP contribution in [-0.2, 0) is 14.8 Å². The molecule has 1 heterocycles. The second-order valence-electron chi connectivity index (χ2n) is 7.59. The third-order valence-electron chi connectivity index (χ3n) is 5.29. The number of anilines is 1. The van der Waals surface area contributed by atoms with Gasteiger partial charge in [-0.05, 0) is 43.5 Å². The van der Waals surface area contributed by atoms with Crippen LogP contribution >= 0.6 is 11.6 Å². The summed E-state index contributed by atoms with van der Waals surface area (Å²) in [6, 6.07) is 7.51. The number of sulfonamides is 1. The lowest BCUT2D eigenvalue weighted by Gasteiger charge is -2.21. The second-order valence-corrected chi connectivity index (χ2v) is 9.65. The van der Waals surface area contributed by atoms with E-state index in [-0.39, 0.29) is 38.9 Å². The van der Waals surface area contributed by atoms with Crippen molar-refractivity contribution in [3.63, 3.8) is 0 Å². The number of rotatable bonds is 8. The van der Waals surface area contributed by atoms with Crippen LogP contribution in [0, 0.1) is 6.92 Å². The number of aryl methyl sites for hydroxylation is 1. The molecule has 0 radical (unpaired) electrons. The molecule has 1 aliphatic heterocycles. The van der Waals surface area contributed by atoms with Crippen LogP contribution in [-0.4, -0.2) is 59.7 Å². The highest BCUT2D eigenvalue weighted by atomic mass is 35.5. The van der Waals surface area contributed by atoms with Gasteiger partial charge < -0.3 is 19.1 Å². The number of likely N-dealkylation sites (N-methyl/N-ethyl adjacent to an activating group) is 1. The molecule has 2 aromatic rings. The molecule has 2 aromatic carbocycles. The van der Waals surface area contributed by atoms with Gasteiger partial charge >= 0.3 is 0 Å². The van der Waals surface area contributed by atoms with Crippen LogP contribution in [0.1, 0.15) is 28.8 Å². The van der Waals surface area contributed by atoms with Crippen molar-refractivity contribution in [1.82, 2.24) is 4.90 Å². The van der Waals surface area contributed by atoms with E-state index in [0.29, 0.717) is 24.5 Å². The summed E-state index contributed by atoms with van der Waals surface area (Å²) >= 11 is 6.16. The zero-order chi connectivity index (χ0) is 23.5. The molecular formula is C22H27ClN2O6S. The number of hydrogen-bond acceptors (Lipinski definition) is 6. The fourth-order valence-corrected chi connectivity index (χ4v) is 5.13. The van der Waals surface area contributed by atoms with Crippen LogP contribution in [0.25, 0.3) is 0 Å². The summed E-state index contributed by atoms with van der Waals surface area (Å²) in [4.78, 5) is 14.4. The third-order valence-corrected chi connectivity index (χ3v) is 7.09. The van der Waals surface area contributed by atoms with Crippen molar-refractivity contribution in [2.75, 3.05) is 39.1 Å². The number of hydrogen-bond donors (Lipinski definition) is 1. The Morgan fingerprint density at radius 2 is 1.94 bits per heavy atom. The average Bonchev–Trinajstić information content (AvgIpc) is 3.26. The van der Waals surface area contributed by atoms with Crippen molar-refractivity contribution in [2.45, 2.75) is 30.8 Å². The van der Waals surface area contributed by atoms with Gasteiger partial charge in [0.05, 0.1) is 35.9 Å². The minimum Gasteiger partial charge on any atom is -0.495 e. The first kappa shape index (κ1) is 24.2. The lowest BCUT2D eigenvalue weighted by Crippen LogP contribution is -2.34. The smallest absolute Gasteiger partial charge is 0.262 e. The maximum absolute atomic E-state index is 13.2. The second kappa shape index (κ2) is 9.97. The van der Waals surface area contributed by atoms with E-state index in [1.807, 2.05) is 0 Å². The van der Waals surface area contributed by atoms with Crippen LogP contribution < -0.4 is 14.2 Å². The number of nitrogens with one attached hydrogen (secondary N) is 1. The lowest BCUT2D eigenvalue weighted by molar-refractivity contribution is 0.0587. The maximum atomic E-state index is 13.2. The molecule has 0 bridgehead atoms. The summed E-state index contributed by atoms with van der Waals surface area (Å²) < 4.78 is 44.9. The highest BCUT2D eigenvalue weighted by Gasteiger charge is 2.24. The van der Waals surface area contributed by atoms with Crippen molar-refractivity contribution in [3.05, 3.63) is 46.5 Å². The van der Waals surface area contributed by atoms with Crippen molar-refractivity contribution < 1.29 is 27.4 Å². The van der Waals surface area contributed by atoms with Gasteiger partial charge in [0.2, 0.25) is 0 Å². The predicted octanol–water partition coefficient (Wildman–Crippen LogP) is 3.72. The molecule has 0 aromatic heterocycles. The van der Waals surface area contributed by atoms with Gasteiger partial charge in [0, 0.05) is 31.8 Å². The topological polar surface area (TPSA) is 94.2 Å². The first-order valence-electron chi connectivity index (χ1n) is 10.1. The fraction of sp³-hybridized carbons (Fsp3) is 0.409. The normalized spacial score (nSPS) is 16.0. The predicted molar refractivity (Wildman–Crippen MR) is 122 cm³/mol. The molecule has 1 N–H and O–H groups in total. The Morgan fingerprint density at radius 3 is 2.56 bits per heavy atom. The van der Waals surface area contributed by atoms with Crippen LogP contribution in [0.3, 0.4) is 0 Å². The van der Waals surface area contributed by atoms with Gasteiger partial charge in [0.1, 0.15) is 11.5 Å². The number of halogens is 1. The standard InChI is InChI=1S/C22H27ClN2O6S/c1-14-7-8-15(22(26)25(2)13-16-6-5-9-31-16)10-21(14)32(27,28)24-18-11-17(23)19(29-3)12-20(18)30-4/h7-8,10-12,16,24H,5-6,9,13H2,1-4H3. The molecule has 1 aliphatic rings. The summed E-state index contributed by atoms with van der Waals surface area (Å²) in [7, 11) is 0.501. The maximum Gasteiger partial charge on any atom is 0.262 e. The number of methoxy groups -OCH3 is 2. The van der Waals surface area contributed by atoms with Gasteiger partial charge in [0.25, 0.3) is 15.9 Å². The molecule has 174 valence electrons. The van der Waals surface area contributed by atoms with Crippen molar-refractivity contribution in [2.24, 2.45) is 0 Å². The molecule has 0 saturated carbocycles. The number of nitrogens with zero attached hydrogens (tertiary/aromatic N) is 1. The molecule has 1 saturated heterocycles. The number of carbonyl (C=O) groups excluding carboxylic acids is 1. The van der Waals surface area contributed by atoms with E-state index in [2.05, 4.69) is 4.72 Å². The summed E-state index contributed by atoms with van der Waals surface area (Å²) in [5.41, 5.74) is 0.926. The van der Waals surface area contributed by atoms with Gasteiger partial charge in [-0.1, -0.05) is 17.7 Å². The largest absolute Gasteiger partial charge is 0.495 e. The van der Waals surface area contributed by atoms with Crippen LogP contribution in [0.15, 0.2) is 35.2 Å². The zero-order valence-electron chi connectivity index (χ0n) is 18.5. The Kier molecular flexibility index (Phi) is 7.53. The molecule has 0 aliphatic carbocycles. The molecule has 1 fully saturated rings. The Labute approximate surface area is 193 Å². The molecule has 3 rings (SSSR count). The Morgan fingerprint density at radius 1 is 1.22 bits per heavy atom. The quantitative estimate of drug-likeness (QED) is 0.616. The molecule has 32 heavy (non-hydrogen) atoms. The first-order chi connectivity index (χ1) is 15.2. The Bertz CT molecular complexity index is 1100. The van der Waals surface area contributed by atoms with Gasteiger partial charge in [0.15, 0.2) is 0 Å². The first-order valence-corrected chi connectivity index (χ1v) is 11.9. The van der Waals surface area contributed by atoms with E-state index in [1.54, 1.807) is 31.0 Å². The molecule has 1 unspecified atom stereocenters. The summed E-state index contributed by atoms with van der Waals surface area (Å²) in [5.74, 6) is 0.322. The monoisotopic (exact) mass is 482 g/mol. The van der Waals surface area contributed by atoms with Crippen LogP contribution in [0.5, 0.6) is 11.5 Å². The van der Waals surface area contributed by atoms with Gasteiger partial charge in [-0.2, -0.15) is 0 Å². The fourth-order valence-electron chi connectivity index (χ4n) is 3.56. The average molecular weight is 483 g/mol.